The largest absolute Gasteiger partial charge is 0.382 e. The molecule has 1 unspecified atom stereocenters. The molecule has 0 aliphatic rings. The molecule has 2 nitrogen and oxygen atoms in total. The summed E-state index contributed by atoms with van der Waals surface area (Å²) in [6.07, 6.45) is 1.03. The van der Waals surface area contributed by atoms with Gasteiger partial charge in [-0.05, 0) is 49.4 Å². The number of hydrogen-bond donors (Lipinski definition) is 1. The Kier molecular flexibility index (Phi) is 8.11. The zero-order valence-corrected chi connectivity index (χ0v) is 13.0. The van der Waals surface area contributed by atoms with E-state index < -0.39 is 0 Å². The van der Waals surface area contributed by atoms with Crippen LogP contribution in [-0.4, -0.2) is 26.3 Å². The maximum Gasteiger partial charge on any atom is 0.0472 e. The molecule has 0 amide bonds. The van der Waals surface area contributed by atoms with E-state index in [1.807, 2.05) is 19.1 Å². The minimum Gasteiger partial charge on any atom is -0.382 e. The molecule has 0 saturated heterocycles. The molecular weight excluding hydrogens is 258 g/mol. The Labute approximate surface area is 122 Å². The fraction of sp³-hybridized carbons (Fsp3) is 0.625. The van der Waals surface area contributed by atoms with Gasteiger partial charge in [0.05, 0.1) is 0 Å². The summed E-state index contributed by atoms with van der Waals surface area (Å²) < 4.78 is 5.48. The maximum absolute atomic E-state index is 6.08. The van der Waals surface area contributed by atoms with Gasteiger partial charge >= 0.3 is 0 Å². The normalized spacial score (nSPS) is 12.9. The molecule has 1 aromatic carbocycles. The Morgan fingerprint density at radius 2 is 2.05 bits per heavy atom. The Morgan fingerprint density at radius 1 is 1.26 bits per heavy atom. The van der Waals surface area contributed by atoms with E-state index in [-0.39, 0.29) is 0 Å². The summed E-state index contributed by atoms with van der Waals surface area (Å²) in [6.45, 7) is 10.1. The van der Waals surface area contributed by atoms with E-state index in [9.17, 15) is 0 Å². The molecular formula is C16H26ClNO. The number of nitrogens with one attached hydrogen (secondary N) is 1. The van der Waals surface area contributed by atoms with Gasteiger partial charge < -0.3 is 10.1 Å². The van der Waals surface area contributed by atoms with E-state index in [1.54, 1.807) is 0 Å². The van der Waals surface area contributed by atoms with Crippen LogP contribution in [-0.2, 0) is 4.74 Å². The highest BCUT2D eigenvalue weighted by Gasteiger charge is 2.12. The van der Waals surface area contributed by atoms with E-state index in [0.29, 0.717) is 11.8 Å². The molecule has 0 heterocycles. The lowest BCUT2D eigenvalue weighted by atomic mass is 9.96. The van der Waals surface area contributed by atoms with E-state index in [4.69, 9.17) is 16.3 Å². The highest BCUT2D eigenvalue weighted by molar-refractivity contribution is 6.30. The van der Waals surface area contributed by atoms with Crippen LogP contribution >= 0.6 is 11.6 Å². The summed E-state index contributed by atoms with van der Waals surface area (Å²) in [6, 6.07) is 8.16. The maximum atomic E-state index is 6.08. The number of rotatable bonds is 9. The summed E-state index contributed by atoms with van der Waals surface area (Å²) in [5.41, 5.74) is 1.29. The topological polar surface area (TPSA) is 21.3 Å². The van der Waals surface area contributed by atoms with Gasteiger partial charge in [-0.2, -0.15) is 0 Å². The SMILES string of the molecule is CCOCCC(CNCC(C)C)c1cccc(Cl)c1. The van der Waals surface area contributed by atoms with Crippen molar-refractivity contribution in [2.45, 2.75) is 33.1 Å². The molecule has 19 heavy (non-hydrogen) atoms. The Bertz CT molecular complexity index is 354. The van der Waals surface area contributed by atoms with Crippen molar-refractivity contribution >= 4 is 11.6 Å². The van der Waals surface area contributed by atoms with Crippen LogP contribution in [0, 0.1) is 5.92 Å². The van der Waals surface area contributed by atoms with Crippen LogP contribution in [0.15, 0.2) is 24.3 Å². The second kappa shape index (κ2) is 9.35. The summed E-state index contributed by atoms with van der Waals surface area (Å²) in [5.74, 6) is 1.14. The summed E-state index contributed by atoms with van der Waals surface area (Å²) in [7, 11) is 0. The monoisotopic (exact) mass is 283 g/mol. The third kappa shape index (κ3) is 6.95. The third-order valence-electron chi connectivity index (χ3n) is 3.08. The molecule has 0 aromatic heterocycles. The van der Waals surface area contributed by atoms with Crippen LogP contribution in [0.25, 0.3) is 0 Å². The molecule has 0 fully saturated rings. The van der Waals surface area contributed by atoms with E-state index >= 15 is 0 Å². The van der Waals surface area contributed by atoms with Crippen molar-refractivity contribution in [1.82, 2.24) is 5.32 Å². The van der Waals surface area contributed by atoms with Gasteiger partial charge in [-0.25, -0.2) is 0 Å². The molecule has 0 saturated carbocycles. The van der Waals surface area contributed by atoms with Crippen LogP contribution in [0.1, 0.15) is 38.7 Å². The molecule has 0 spiro atoms. The molecule has 0 aliphatic heterocycles. The minimum atomic E-state index is 0.462. The Morgan fingerprint density at radius 3 is 2.68 bits per heavy atom. The lowest BCUT2D eigenvalue weighted by Crippen LogP contribution is -2.26. The first-order valence-corrected chi connectivity index (χ1v) is 7.55. The van der Waals surface area contributed by atoms with Crippen molar-refractivity contribution < 1.29 is 4.74 Å². The average Bonchev–Trinajstić information content (AvgIpc) is 2.37. The minimum absolute atomic E-state index is 0.462. The van der Waals surface area contributed by atoms with Crippen molar-refractivity contribution in [1.29, 1.82) is 0 Å². The predicted molar refractivity (Wildman–Crippen MR) is 83.0 cm³/mol. The van der Waals surface area contributed by atoms with E-state index in [1.165, 1.54) is 5.56 Å². The molecule has 1 N–H and O–H groups in total. The third-order valence-corrected chi connectivity index (χ3v) is 3.31. The standard InChI is InChI=1S/C16H26ClNO/c1-4-19-9-8-15(12-18-11-13(2)3)14-6-5-7-16(17)10-14/h5-7,10,13,15,18H,4,8-9,11-12H2,1-3H3. The molecule has 1 aromatic rings. The van der Waals surface area contributed by atoms with Crippen molar-refractivity contribution in [2.75, 3.05) is 26.3 Å². The van der Waals surface area contributed by atoms with Crippen LogP contribution in [0.3, 0.4) is 0 Å². The number of benzene rings is 1. The molecule has 1 atom stereocenters. The van der Waals surface area contributed by atoms with E-state index in [0.717, 1.165) is 37.7 Å². The van der Waals surface area contributed by atoms with Gasteiger partial charge in [0, 0.05) is 24.8 Å². The van der Waals surface area contributed by atoms with Gasteiger partial charge in [-0.3, -0.25) is 0 Å². The zero-order chi connectivity index (χ0) is 14.1. The predicted octanol–water partition coefficient (Wildman–Crippen LogP) is 4.10. The Hall–Kier alpha value is -0.570. The highest BCUT2D eigenvalue weighted by atomic mass is 35.5. The van der Waals surface area contributed by atoms with Crippen molar-refractivity contribution in [2.24, 2.45) is 5.92 Å². The molecule has 108 valence electrons. The smallest absolute Gasteiger partial charge is 0.0472 e. The van der Waals surface area contributed by atoms with Crippen molar-refractivity contribution in [3.05, 3.63) is 34.9 Å². The molecule has 3 heteroatoms. The van der Waals surface area contributed by atoms with Gasteiger partial charge in [0.2, 0.25) is 0 Å². The second-order valence-electron chi connectivity index (χ2n) is 5.29. The number of ether oxygens (including phenoxy) is 1. The molecule has 1 rings (SSSR count). The van der Waals surface area contributed by atoms with Crippen LogP contribution in [0.4, 0.5) is 0 Å². The summed E-state index contributed by atoms with van der Waals surface area (Å²) in [4.78, 5) is 0. The average molecular weight is 284 g/mol. The number of halogens is 1. The fourth-order valence-electron chi connectivity index (χ4n) is 2.06. The van der Waals surface area contributed by atoms with Crippen LogP contribution in [0.2, 0.25) is 5.02 Å². The van der Waals surface area contributed by atoms with Gasteiger partial charge in [0.1, 0.15) is 0 Å². The molecule has 0 aliphatic carbocycles. The van der Waals surface area contributed by atoms with Gasteiger partial charge in [-0.1, -0.05) is 37.6 Å². The second-order valence-corrected chi connectivity index (χ2v) is 5.73. The van der Waals surface area contributed by atoms with Gasteiger partial charge in [-0.15, -0.1) is 0 Å². The highest BCUT2D eigenvalue weighted by Crippen LogP contribution is 2.22. The first-order chi connectivity index (χ1) is 9.13. The summed E-state index contributed by atoms with van der Waals surface area (Å²) >= 11 is 6.08. The van der Waals surface area contributed by atoms with Crippen molar-refractivity contribution in [3.63, 3.8) is 0 Å². The fourth-order valence-corrected chi connectivity index (χ4v) is 2.26. The van der Waals surface area contributed by atoms with Crippen LogP contribution < -0.4 is 5.32 Å². The van der Waals surface area contributed by atoms with Crippen LogP contribution in [0.5, 0.6) is 0 Å². The van der Waals surface area contributed by atoms with Crippen molar-refractivity contribution in [3.8, 4) is 0 Å². The Balaban J connectivity index is 2.57. The number of hydrogen-bond acceptors (Lipinski definition) is 2. The first-order valence-electron chi connectivity index (χ1n) is 7.17. The lowest BCUT2D eigenvalue weighted by Gasteiger charge is -2.19. The molecule has 0 radical (unpaired) electrons. The first kappa shape index (κ1) is 16.5. The van der Waals surface area contributed by atoms with Gasteiger partial charge in [0.15, 0.2) is 0 Å². The molecule has 0 bridgehead atoms. The van der Waals surface area contributed by atoms with Gasteiger partial charge in [0.25, 0.3) is 0 Å². The zero-order valence-electron chi connectivity index (χ0n) is 12.3. The van der Waals surface area contributed by atoms with E-state index in [2.05, 4.69) is 31.3 Å². The summed E-state index contributed by atoms with van der Waals surface area (Å²) in [5, 5.41) is 4.34. The quantitative estimate of drug-likeness (QED) is 0.689. The lowest BCUT2D eigenvalue weighted by molar-refractivity contribution is 0.139.